The number of hydrogen-bond acceptors (Lipinski definition) is 4. The largest absolute Gasteiger partial charge is 0.487 e. The average molecular weight is 345 g/mol. The summed E-state index contributed by atoms with van der Waals surface area (Å²) in [5.41, 5.74) is 3.43. The molecule has 1 aliphatic rings. The number of nitrogens with one attached hydrogen (secondary N) is 1. The predicted molar refractivity (Wildman–Crippen MR) is 94.9 cm³/mol. The fourth-order valence-corrected chi connectivity index (χ4v) is 3.61. The Kier molecular flexibility index (Phi) is 4.40. The van der Waals surface area contributed by atoms with Gasteiger partial charge in [0.1, 0.15) is 11.4 Å². The molecule has 128 valence electrons. The standard InChI is InChI=1S/C19H23NO3S/c1-19(2)11-16-10-15(6-9-18(16)23-19)13-20-12-14-4-7-17(8-5-14)24(3,21)22/h4-10,20H,11-13H2,1-3H3. The zero-order valence-electron chi connectivity index (χ0n) is 14.3. The zero-order valence-corrected chi connectivity index (χ0v) is 15.1. The molecule has 0 bridgehead atoms. The Hall–Kier alpha value is -1.85. The highest BCUT2D eigenvalue weighted by Gasteiger charge is 2.29. The van der Waals surface area contributed by atoms with Gasteiger partial charge >= 0.3 is 0 Å². The van der Waals surface area contributed by atoms with Crippen molar-refractivity contribution in [3.8, 4) is 5.75 Å². The third kappa shape index (κ3) is 3.97. The first kappa shape index (κ1) is 17.0. The molecular formula is C19H23NO3S. The monoisotopic (exact) mass is 345 g/mol. The van der Waals surface area contributed by atoms with Gasteiger partial charge in [0, 0.05) is 25.8 Å². The van der Waals surface area contributed by atoms with Gasteiger partial charge in [0.15, 0.2) is 9.84 Å². The summed E-state index contributed by atoms with van der Waals surface area (Å²) in [6.45, 7) is 5.67. The minimum atomic E-state index is -3.13. The molecule has 2 aromatic carbocycles. The number of rotatable bonds is 5. The fourth-order valence-electron chi connectivity index (χ4n) is 2.98. The van der Waals surface area contributed by atoms with Gasteiger partial charge in [-0.1, -0.05) is 24.3 Å². The number of hydrogen-bond donors (Lipinski definition) is 1. The third-order valence-electron chi connectivity index (χ3n) is 4.14. The summed E-state index contributed by atoms with van der Waals surface area (Å²) in [7, 11) is -3.13. The van der Waals surface area contributed by atoms with Crippen LogP contribution in [0.2, 0.25) is 0 Å². The molecule has 1 N–H and O–H groups in total. The Morgan fingerprint density at radius 1 is 1.04 bits per heavy atom. The van der Waals surface area contributed by atoms with E-state index in [-0.39, 0.29) is 5.60 Å². The van der Waals surface area contributed by atoms with Crippen LogP contribution in [0.1, 0.15) is 30.5 Å². The maximum absolute atomic E-state index is 11.5. The Morgan fingerprint density at radius 3 is 2.33 bits per heavy atom. The quantitative estimate of drug-likeness (QED) is 0.905. The minimum Gasteiger partial charge on any atom is -0.487 e. The topological polar surface area (TPSA) is 55.4 Å². The molecule has 0 amide bonds. The van der Waals surface area contributed by atoms with Gasteiger partial charge in [-0.05, 0) is 48.7 Å². The summed E-state index contributed by atoms with van der Waals surface area (Å²) in [5.74, 6) is 0.986. The highest BCUT2D eigenvalue weighted by atomic mass is 32.2. The second-order valence-corrected chi connectivity index (χ2v) is 9.02. The molecule has 2 aromatic rings. The highest BCUT2D eigenvalue weighted by Crippen LogP contribution is 2.35. The second-order valence-electron chi connectivity index (χ2n) is 7.00. The lowest BCUT2D eigenvalue weighted by atomic mass is 10.0. The molecule has 0 fully saturated rings. The molecule has 0 radical (unpaired) electrons. The van der Waals surface area contributed by atoms with Crippen LogP contribution in [0.3, 0.4) is 0 Å². The lowest BCUT2D eigenvalue weighted by Crippen LogP contribution is -2.24. The molecule has 0 aromatic heterocycles. The van der Waals surface area contributed by atoms with E-state index in [2.05, 4.69) is 31.3 Å². The van der Waals surface area contributed by atoms with Gasteiger partial charge in [0.25, 0.3) is 0 Å². The lowest BCUT2D eigenvalue weighted by molar-refractivity contribution is 0.138. The van der Waals surface area contributed by atoms with Gasteiger partial charge in [-0.25, -0.2) is 8.42 Å². The van der Waals surface area contributed by atoms with Crippen LogP contribution in [0.5, 0.6) is 5.75 Å². The Bertz CT molecular complexity index is 839. The number of ether oxygens (including phenoxy) is 1. The molecule has 5 heteroatoms. The number of benzene rings is 2. The van der Waals surface area contributed by atoms with Crippen molar-refractivity contribution in [3.63, 3.8) is 0 Å². The van der Waals surface area contributed by atoms with E-state index in [1.54, 1.807) is 12.1 Å². The van der Waals surface area contributed by atoms with Crippen LogP contribution in [0.4, 0.5) is 0 Å². The molecule has 0 spiro atoms. The average Bonchev–Trinajstić information content (AvgIpc) is 2.80. The van der Waals surface area contributed by atoms with Crippen LogP contribution in [-0.2, 0) is 29.3 Å². The predicted octanol–water partition coefficient (Wildman–Crippen LogP) is 3.09. The van der Waals surface area contributed by atoms with E-state index in [9.17, 15) is 8.42 Å². The van der Waals surface area contributed by atoms with E-state index in [0.717, 1.165) is 24.3 Å². The van der Waals surface area contributed by atoms with Crippen LogP contribution in [-0.4, -0.2) is 20.3 Å². The summed E-state index contributed by atoms with van der Waals surface area (Å²) in [6.07, 6.45) is 2.15. The van der Waals surface area contributed by atoms with Crippen LogP contribution < -0.4 is 10.1 Å². The molecular weight excluding hydrogens is 322 g/mol. The van der Waals surface area contributed by atoms with Crippen LogP contribution in [0.25, 0.3) is 0 Å². The summed E-state index contributed by atoms with van der Waals surface area (Å²) >= 11 is 0. The number of sulfone groups is 1. The Balaban J connectivity index is 1.58. The van der Waals surface area contributed by atoms with Gasteiger partial charge in [-0.3, -0.25) is 0 Å². The van der Waals surface area contributed by atoms with Gasteiger partial charge in [-0.15, -0.1) is 0 Å². The molecule has 0 atom stereocenters. The molecule has 0 aliphatic carbocycles. The van der Waals surface area contributed by atoms with E-state index >= 15 is 0 Å². The van der Waals surface area contributed by atoms with Gasteiger partial charge in [0.2, 0.25) is 0 Å². The van der Waals surface area contributed by atoms with Crippen LogP contribution >= 0.6 is 0 Å². The van der Waals surface area contributed by atoms with Gasteiger partial charge < -0.3 is 10.1 Å². The van der Waals surface area contributed by atoms with Crippen molar-refractivity contribution in [2.75, 3.05) is 6.26 Å². The van der Waals surface area contributed by atoms with Crippen molar-refractivity contribution in [2.24, 2.45) is 0 Å². The van der Waals surface area contributed by atoms with Crippen LogP contribution in [0, 0.1) is 0 Å². The molecule has 24 heavy (non-hydrogen) atoms. The fraction of sp³-hybridized carbons (Fsp3) is 0.368. The van der Waals surface area contributed by atoms with E-state index in [1.165, 1.54) is 17.4 Å². The van der Waals surface area contributed by atoms with E-state index in [0.29, 0.717) is 11.4 Å². The first-order chi connectivity index (χ1) is 11.2. The van der Waals surface area contributed by atoms with Crippen molar-refractivity contribution >= 4 is 9.84 Å². The summed E-state index contributed by atoms with van der Waals surface area (Å²) in [4.78, 5) is 0.354. The SMILES string of the molecule is CC1(C)Cc2cc(CNCc3ccc(S(C)(=O)=O)cc3)ccc2O1. The smallest absolute Gasteiger partial charge is 0.175 e. The maximum atomic E-state index is 11.5. The molecule has 1 heterocycles. The van der Waals surface area contributed by atoms with Crippen LogP contribution in [0.15, 0.2) is 47.4 Å². The normalized spacial score (nSPS) is 15.8. The van der Waals surface area contributed by atoms with Crippen molar-refractivity contribution in [1.29, 1.82) is 0 Å². The van der Waals surface area contributed by atoms with Crippen molar-refractivity contribution in [1.82, 2.24) is 5.32 Å². The highest BCUT2D eigenvalue weighted by molar-refractivity contribution is 7.90. The van der Waals surface area contributed by atoms with E-state index in [4.69, 9.17) is 4.74 Å². The van der Waals surface area contributed by atoms with E-state index < -0.39 is 9.84 Å². The number of fused-ring (bicyclic) bond motifs is 1. The second kappa shape index (κ2) is 6.22. The third-order valence-corrected chi connectivity index (χ3v) is 5.27. The first-order valence-electron chi connectivity index (χ1n) is 8.03. The van der Waals surface area contributed by atoms with Gasteiger partial charge in [0.05, 0.1) is 4.90 Å². The summed E-state index contributed by atoms with van der Waals surface area (Å²) in [6, 6.07) is 13.3. The minimum absolute atomic E-state index is 0.115. The Morgan fingerprint density at radius 2 is 1.67 bits per heavy atom. The Labute approximate surface area is 143 Å². The lowest BCUT2D eigenvalue weighted by Gasteiger charge is -2.16. The summed E-state index contributed by atoms with van der Waals surface area (Å²) < 4.78 is 28.8. The first-order valence-corrected chi connectivity index (χ1v) is 9.93. The maximum Gasteiger partial charge on any atom is 0.175 e. The summed E-state index contributed by atoms with van der Waals surface area (Å²) in [5, 5.41) is 3.40. The van der Waals surface area contributed by atoms with E-state index in [1.807, 2.05) is 18.2 Å². The van der Waals surface area contributed by atoms with Gasteiger partial charge in [-0.2, -0.15) is 0 Å². The molecule has 1 aliphatic heterocycles. The molecule has 0 unspecified atom stereocenters. The van der Waals surface area contributed by atoms with Crippen molar-refractivity contribution in [2.45, 2.75) is 43.9 Å². The molecule has 4 nitrogen and oxygen atoms in total. The zero-order chi connectivity index (χ0) is 17.4. The van der Waals surface area contributed by atoms with Crippen molar-refractivity contribution in [3.05, 3.63) is 59.2 Å². The molecule has 0 saturated heterocycles. The molecule has 3 rings (SSSR count). The van der Waals surface area contributed by atoms with Crippen molar-refractivity contribution < 1.29 is 13.2 Å². The molecule has 0 saturated carbocycles.